The van der Waals surface area contributed by atoms with Crippen LogP contribution in [0.4, 0.5) is 15.8 Å². The van der Waals surface area contributed by atoms with Crippen LogP contribution in [-0.2, 0) is 9.59 Å². The number of amides is 3. The van der Waals surface area contributed by atoms with Crippen molar-refractivity contribution in [3.8, 4) is 5.75 Å². The summed E-state index contributed by atoms with van der Waals surface area (Å²) in [5.74, 6) is -1.85. The average Bonchev–Trinajstić information content (AvgIpc) is 2.60. The number of hydrogen-bond donors (Lipinski definition) is 3. The number of halogens is 1. The lowest BCUT2D eigenvalue weighted by Crippen LogP contribution is -2.33. The maximum atomic E-state index is 13.6. The highest BCUT2D eigenvalue weighted by atomic mass is 19.1. The van der Waals surface area contributed by atoms with Crippen LogP contribution in [0.25, 0.3) is 0 Å². The second kappa shape index (κ2) is 7.00. The van der Waals surface area contributed by atoms with Crippen LogP contribution in [0.5, 0.6) is 5.75 Å². The van der Waals surface area contributed by atoms with Gasteiger partial charge in [-0.3, -0.25) is 14.4 Å². The highest BCUT2D eigenvalue weighted by Crippen LogP contribution is 2.36. The molecule has 7 nitrogen and oxygen atoms in total. The Labute approximate surface area is 142 Å². The minimum absolute atomic E-state index is 0.0777. The molecule has 0 radical (unpaired) electrons. The summed E-state index contributed by atoms with van der Waals surface area (Å²) in [5, 5.41) is 7.39. The molecule has 0 saturated heterocycles. The van der Waals surface area contributed by atoms with Crippen molar-refractivity contribution in [2.24, 2.45) is 0 Å². The molecule has 3 N–H and O–H groups in total. The minimum Gasteiger partial charge on any atom is -0.479 e. The fourth-order valence-corrected chi connectivity index (χ4v) is 2.31. The predicted octanol–water partition coefficient (Wildman–Crippen LogP) is 1.53. The smallest absolute Gasteiger partial charge is 0.262 e. The highest BCUT2D eigenvalue weighted by molar-refractivity contribution is 6.02. The van der Waals surface area contributed by atoms with Crippen molar-refractivity contribution >= 4 is 29.1 Å². The van der Waals surface area contributed by atoms with Crippen LogP contribution in [0.1, 0.15) is 10.4 Å². The third-order valence-corrected chi connectivity index (χ3v) is 3.39. The first-order chi connectivity index (χ1) is 12.0. The van der Waals surface area contributed by atoms with Crippen LogP contribution < -0.4 is 20.7 Å². The van der Waals surface area contributed by atoms with Crippen molar-refractivity contribution in [2.75, 3.05) is 23.8 Å². The van der Waals surface area contributed by atoms with Gasteiger partial charge in [-0.1, -0.05) is 18.2 Å². The van der Waals surface area contributed by atoms with Gasteiger partial charge in [-0.25, -0.2) is 4.39 Å². The summed E-state index contributed by atoms with van der Waals surface area (Å²) in [6, 6.07) is 10.6. The Hall–Kier alpha value is -3.42. The van der Waals surface area contributed by atoms with E-state index < -0.39 is 23.5 Å². The van der Waals surface area contributed by atoms with Gasteiger partial charge in [-0.05, 0) is 12.1 Å². The molecule has 128 valence electrons. The summed E-state index contributed by atoms with van der Waals surface area (Å²) in [6.45, 7) is -0.530. The third-order valence-electron chi connectivity index (χ3n) is 3.39. The molecule has 0 atom stereocenters. The average molecular weight is 343 g/mol. The summed E-state index contributed by atoms with van der Waals surface area (Å²) >= 11 is 0. The van der Waals surface area contributed by atoms with Crippen molar-refractivity contribution in [3.05, 3.63) is 53.8 Å². The molecule has 1 aliphatic rings. The van der Waals surface area contributed by atoms with Gasteiger partial charge in [0.2, 0.25) is 5.91 Å². The van der Waals surface area contributed by atoms with Gasteiger partial charge in [-0.15, -0.1) is 0 Å². The topological polar surface area (TPSA) is 96.5 Å². The van der Waals surface area contributed by atoms with Crippen LogP contribution in [0.2, 0.25) is 0 Å². The van der Waals surface area contributed by atoms with Crippen molar-refractivity contribution in [1.29, 1.82) is 0 Å². The molecule has 0 unspecified atom stereocenters. The quantitative estimate of drug-likeness (QED) is 0.784. The summed E-state index contributed by atoms with van der Waals surface area (Å²) in [7, 11) is 0. The second-order valence-corrected chi connectivity index (χ2v) is 5.26. The molecule has 8 heteroatoms. The Kier molecular flexibility index (Phi) is 4.60. The fourth-order valence-electron chi connectivity index (χ4n) is 2.31. The molecule has 0 bridgehead atoms. The molecular weight excluding hydrogens is 329 g/mol. The number of rotatable bonds is 4. The van der Waals surface area contributed by atoms with Gasteiger partial charge in [0, 0.05) is 17.7 Å². The molecule has 2 aromatic rings. The molecule has 0 aliphatic carbocycles. The first-order valence-electron chi connectivity index (χ1n) is 7.42. The van der Waals surface area contributed by atoms with Gasteiger partial charge >= 0.3 is 0 Å². The van der Waals surface area contributed by atoms with Crippen molar-refractivity contribution in [1.82, 2.24) is 5.32 Å². The number of anilines is 2. The largest absolute Gasteiger partial charge is 0.479 e. The Morgan fingerprint density at radius 2 is 1.96 bits per heavy atom. The lowest BCUT2D eigenvalue weighted by molar-refractivity contribution is -0.118. The minimum atomic E-state index is -0.645. The van der Waals surface area contributed by atoms with E-state index in [2.05, 4.69) is 16.0 Å². The van der Waals surface area contributed by atoms with Gasteiger partial charge in [0.25, 0.3) is 11.8 Å². The van der Waals surface area contributed by atoms with Gasteiger partial charge in [0.1, 0.15) is 5.82 Å². The summed E-state index contributed by atoms with van der Waals surface area (Å²) in [4.78, 5) is 35.2. The fraction of sp³-hybridized carbons (Fsp3) is 0.118. The van der Waals surface area contributed by atoms with Gasteiger partial charge < -0.3 is 20.7 Å². The maximum Gasteiger partial charge on any atom is 0.262 e. The lowest BCUT2D eigenvalue weighted by Gasteiger charge is -2.21. The summed E-state index contributed by atoms with van der Waals surface area (Å²) in [5.41, 5.74) is 0.637. The van der Waals surface area contributed by atoms with E-state index in [1.807, 2.05) is 0 Å². The standard InChI is InChI=1S/C17H14FN3O4/c18-11-6-12(16-13(7-11)21-15(23)9-25-16)20-14(22)8-19-17(24)10-4-2-1-3-5-10/h1-7H,8-9H2,(H,19,24)(H,20,22)(H,21,23). The Morgan fingerprint density at radius 3 is 2.72 bits per heavy atom. The lowest BCUT2D eigenvalue weighted by atomic mass is 10.2. The molecule has 25 heavy (non-hydrogen) atoms. The normalized spacial score (nSPS) is 12.4. The molecule has 1 heterocycles. The summed E-state index contributed by atoms with van der Waals surface area (Å²) < 4.78 is 18.9. The molecule has 0 aromatic heterocycles. The molecular formula is C17H14FN3O4. The number of hydrogen-bond acceptors (Lipinski definition) is 4. The Bertz CT molecular complexity index is 839. The van der Waals surface area contributed by atoms with E-state index >= 15 is 0 Å². The van der Waals surface area contributed by atoms with Crippen LogP contribution >= 0.6 is 0 Å². The molecule has 2 aromatic carbocycles. The number of nitrogens with one attached hydrogen (secondary N) is 3. The number of fused-ring (bicyclic) bond motifs is 1. The molecule has 0 saturated carbocycles. The van der Waals surface area contributed by atoms with E-state index in [-0.39, 0.29) is 30.3 Å². The number of ether oxygens (including phenoxy) is 1. The van der Waals surface area contributed by atoms with Crippen molar-refractivity contribution in [2.45, 2.75) is 0 Å². The van der Waals surface area contributed by atoms with E-state index in [0.717, 1.165) is 12.1 Å². The van der Waals surface area contributed by atoms with E-state index in [1.54, 1.807) is 30.3 Å². The van der Waals surface area contributed by atoms with E-state index in [4.69, 9.17) is 4.74 Å². The van der Waals surface area contributed by atoms with Gasteiger partial charge in [-0.2, -0.15) is 0 Å². The van der Waals surface area contributed by atoms with Crippen LogP contribution in [0.15, 0.2) is 42.5 Å². The predicted molar refractivity (Wildman–Crippen MR) is 87.9 cm³/mol. The van der Waals surface area contributed by atoms with E-state index in [0.29, 0.717) is 5.56 Å². The monoisotopic (exact) mass is 343 g/mol. The number of benzene rings is 2. The Morgan fingerprint density at radius 1 is 1.20 bits per heavy atom. The number of carbonyl (C=O) groups excluding carboxylic acids is 3. The molecule has 1 aliphatic heterocycles. The Balaban J connectivity index is 1.65. The maximum absolute atomic E-state index is 13.6. The van der Waals surface area contributed by atoms with Crippen molar-refractivity contribution < 1.29 is 23.5 Å². The zero-order chi connectivity index (χ0) is 17.8. The molecule has 3 amide bonds. The highest BCUT2D eigenvalue weighted by Gasteiger charge is 2.22. The van der Waals surface area contributed by atoms with E-state index in [9.17, 15) is 18.8 Å². The first-order valence-corrected chi connectivity index (χ1v) is 7.42. The van der Waals surface area contributed by atoms with Crippen molar-refractivity contribution in [3.63, 3.8) is 0 Å². The SMILES string of the molecule is O=C(CNC(=O)c1ccccc1)Nc1cc(F)cc2c1OCC(=O)N2. The van der Waals surface area contributed by atoms with Crippen LogP contribution in [0.3, 0.4) is 0 Å². The number of carbonyl (C=O) groups is 3. The molecule has 3 rings (SSSR count). The van der Waals surface area contributed by atoms with E-state index in [1.165, 1.54) is 0 Å². The van der Waals surface area contributed by atoms with Gasteiger partial charge in [0.05, 0.1) is 17.9 Å². The molecule has 0 fully saturated rings. The molecule has 0 spiro atoms. The zero-order valence-corrected chi connectivity index (χ0v) is 13.0. The first kappa shape index (κ1) is 16.4. The zero-order valence-electron chi connectivity index (χ0n) is 13.0. The summed E-state index contributed by atoms with van der Waals surface area (Å²) in [6.07, 6.45) is 0. The second-order valence-electron chi connectivity index (χ2n) is 5.26. The van der Waals surface area contributed by atoms with Gasteiger partial charge in [0.15, 0.2) is 12.4 Å². The van der Waals surface area contributed by atoms with Crippen LogP contribution in [0, 0.1) is 5.82 Å². The van der Waals surface area contributed by atoms with Crippen LogP contribution in [-0.4, -0.2) is 30.9 Å². The third kappa shape index (κ3) is 3.92.